The number of hydrogen-bond donors (Lipinski definition) is 1. The fraction of sp³-hybridized carbons (Fsp3) is 0.200. The minimum absolute atomic E-state index is 0.0488. The zero-order valence-electron chi connectivity index (χ0n) is 18.1. The SMILES string of the molecule is O=c1[nH]c(=O)n2c3c(c(-c4ccc(F)cc4)c(C(F)(F)F)cc13)SC[C@@H](OCc1ccccc1)C2. The van der Waals surface area contributed by atoms with Gasteiger partial charge in [0.15, 0.2) is 0 Å². The molecule has 0 radical (unpaired) electrons. The van der Waals surface area contributed by atoms with Gasteiger partial charge in [-0.1, -0.05) is 42.5 Å². The minimum Gasteiger partial charge on any atom is -0.371 e. The Balaban J connectivity index is 1.70. The van der Waals surface area contributed by atoms with Crippen molar-refractivity contribution in [2.75, 3.05) is 5.75 Å². The molecule has 10 heteroatoms. The van der Waals surface area contributed by atoms with E-state index >= 15 is 0 Å². The van der Waals surface area contributed by atoms with Crippen LogP contribution < -0.4 is 11.2 Å². The standard InChI is InChI=1S/C25H18F4N2O3S/c26-16-8-6-15(7-9-16)20-19(25(27,28)29)10-18-21-22(20)35-13-17(11-31(21)24(33)30-23(18)32)34-12-14-4-2-1-3-5-14/h1-10,17H,11-13H2,(H,30,32,33)/t17-/m0/s1. The first-order valence-electron chi connectivity index (χ1n) is 10.7. The lowest BCUT2D eigenvalue weighted by molar-refractivity contribution is -0.137. The fourth-order valence-corrected chi connectivity index (χ4v) is 5.47. The maximum atomic E-state index is 14.2. The van der Waals surface area contributed by atoms with E-state index in [-0.39, 0.29) is 45.8 Å². The summed E-state index contributed by atoms with van der Waals surface area (Å²) in [6.45, 7) is 0.301. The van der Waals surface area contributed by atoms with Gasteiger partial charge in [0, 0.05) is 16.2 Å². The Hall–Kier alpha value is -3.37. The second kappa shape index (κ2) is 9.01. The molecule has 35 heavy (non-hydrogen) atoms. The van der Waals surface area contributed by atoms with E-state index in [4.69, 9.17) is 4.74 Å². The number of thioether (sulfide) groups is 1. The molecule has 5 nitrogen and oxygen atoms in total. The first kappa shape index (κ1) is 23.4. The van der Waals surface area contributed by atoms with Crippen LogP contribution in [-0.4, -0.2) is 21.4 Å². The van der Waals surface area contributed by atoms with E-state index in [0.29, 0.717) is 0 Å². The lowest BCUT2D eigenvalue weighted by atomic mass is 9.96. The number of hydrogen-bond acceptors (Lipinski definition) is 4. The van der Waals surface area contributed by atoms with Crippen molar-refractivity contribution in [2.24, 2.45) is 0 Å². The van der Waals surface area contributed by atoms with Crippen LogP contribution in [-0.2, 0) is 24.1 Å². The van der Waals surface area contributed by atoms with Gasteiger partial charge in [-0.15, -0.1) is 11.8 Å². The third-order valence-electron chi connectivity index (χ3n) is 5.80. The molecule has 1 aliphatic rings. The van der Waals surface area contributed by atoms with Crippen molar-refractivity contribution in [3.63, 3.8) is 0 Å². The van der Waals surface area contributed by atoms with Crippen LogP contribution in [0.5, 0.6) is 0 Å². The van der Waals surface area contributed by atoms with Gasteiger partial charge < -0.3 is 4.74 Å². The molecule has 0 aliphatic carbocycles. The molecule has 1 N–H and O–H groups in total. The lowest BCUT2D eigenvalue weighted by Crippen LogP contribution is -2.34. The first-order valence-corrected chi connectivity index (χ1v) is 11.7. The number of aromatic amines is 1. The summed E-state index contributed by atoms with van der Waals surface area (Å²) in [6.07, 6.45) is -5.31. The number of ether oxygens (including phenoxy) is 1. The predicted molar refractivity (Wildman–Crippen MR) is 125 cm³/mol. The molecule has 0 amide bonds. The third-order valence-corrected chi connectivity index (χ3v) is 7.03. The van der Waals surface area contributed by atoms with E-state index in [2.05, 4.69) is 4.98 Å². The maximum Gasteiger partial charge on any atom is 0.417 e. The van der Waals surface area contributed by atoms with Crippen LogP contribution >= 0.6 is 11.8 Å². The number of alkyl halides is 3. The molecule has 0 saturated heterocycles. The van der Waals surface area contributed by atoms with Crippen LogP contribution in [0.3, 0.4) is 0 Å². The molecule has 1 aliphatic heterocycles. The number of halogens is 4. The lowest BCUT2D eigenvalue weighted by Gasteiger charge is -2.19. The summed E-state index contributed by atoms with van der Waals surface area (Å²) in [4.78, 5) is 27.6. The van der Waals surface area contributed by atoms with E-state index in [9.17, 15) is 27.2 Å². The molecule has 4 aromatic rings. The number of nitrogens with zero attached hydrogens (tertiary/aromatic N) is 1. The van der Waals surface area contributed by atoms with Crippen LogP contribution in [0.15, 0.2) is 75.1 Å². The molecular formula is C25H18F4N2O3S. The summed E-state index contributed by atoms with van der Waals surface area (Å²) in [6, 6.07) is 14.8. The van der Waals surface area contributed by atoms with Crippen molar-refractivity contribution in [2.45, 2.75) is 30.3 Å². The summed E-state index contributed by atoms with van der Waals surface area (Å²) in [5, 5.41) is -0.242. The van der Waals surface area contributed by atoms with Crippen molar-refractivity contribution < 1.29 is 22.3 Å². The number of H-pyrrole nitrogens is 1. The van der Waals surface area contributed by atoms with Gasteiger partial charge in [0.05, 0.1) is 35.7 Å². The van der Waals surface area contributed by atoms with E-state index in [1.54, 1.807) is 0 Å². The number of rotatable bonds is 4. The van der Waals surface area contributed by atoms with Gasteiger partial charge in [0.2, 0.25) is 0 Å². The van der Waals surface area contributed by atoms with Crippen LogP contribution in [0.4, 0.5) is 17.6 Å². The average molecular weight is 502 g/mol. The average Bonchev–Trinajstić information content (AvgIpc) is 3.02. The summed E-state index contributed by atoms with van der Waals surface area (Å²) in [5.74, 6) is -0.350. The molecule has 0 saturated carbocycles. The Labute approximate surface area is 200 Å². The molecule has 1 aromatic heterocycles. The highest BCUT2D eigenvalue weighted by Gasteiger charge is 2.38. The smallest absolute Gasteiger partial charge is 0.371 e. The van der Waals surface area contributed by atoms with Crippen molar-refractivity contribution in [1.82, 2.24) is 9.55 Å². The monoisotopic (exact) mass is 502 g/mol. The van der Waals surface area contributed by atoms with E-state index in [1.165, 1.54) is 16.7 Å². The molecule has 0 bridgehead atoms. The summed E-state index contributed by atoms with van der Waals surface area (Å²) in [7, 11) is 0. The van der Waals surface area contributed by atoms with Gasteiger partial charge >= 0.3 is 11.9 Å². The Kier molecular flexibility index (Phi) is 6.02. The van der Waals surface area contributed by atoms with Gasteiger partial charge in [0.25, 0.3) is 5.56 Å². The zero-order valence-corrected chi connectivity index (χ0v) is 18.9. The van der Waals surface area contributed by atoms with Crippen LogP contribution in [0.25, 0.3) is 22.0 Å². The van der Waals surface area contributed by atoms with Gasteiger partial charge in [-0.2, -0.15) is 13.2 Å². The Bertz CT molecular complexity index is 1510. The van der Waals surface area contributed by atoms with Crippen molar-refractivity contribution in [3.8, 4) is 11.1 Å². The minimum atomic E-state index is -4.79. The zero-order chi connectivity index (χ0) is 24.7. The molecule has 2 heterocycles. The Morgan fingerprint density at radius 2 is 1.77 bits per heavy atom. The quantitative estimate of drug-likeness (QED) is 0.390. The second-order valence-corrected chi connectivity index (χ2v) is 9.16. The third kappa shape index (κ3) is 4.51. The first-order chi connectivity index (χ1) is 16.7. The van der Waals surface area contributed by atoms with Gasteiger partial charge in [-0.25, -0.2) is 9.18 Å². The Morgan fingerprint density at radius 1 is 1.06 bits per heavy atom. The molecule has 0 fully saturated rings. The van der Waals surface area contributed by atoms with Gasteiger partial charge in [-0.05, 0) is 29.3 Å². The largest absolute Gasteiger partial charge is 0.417 e. The van der Waals surface area contributed by atoms with Crippen molar-refractivity contribution >= 4 is 22.7 Å². The summed E-state index contributed by atoms with van der Waals surface area (Å²) < 4.78 is 63.4. The summed E-state index contributed by atoms with van der Waals surface area (Å²) >= 11 is 1.09. The molecular weight excluding hydrogens is 484 g/mol. The fourth-order valence-electron chi connectivity index (χ4n) is 4.19. The molecule has 1 atom stereocenters. The van der Waals surface area contributed by atoms with Crippen LogP contribution in [0.1, 0.15) is 11.1 Å². The Morgan fingerprint density at radius 3 is 2.46 bits per heavy atom. The topological polar surface area (TPSA) is 64.1 Å². The van der Waals surface area contributed by atoms with Crippen LogP contribution in [0, 0.1) is 5.82 Å². The number of aromatic nitrogens is 2. The highest BCUT2D eigenvalue weighted by atomic mass is 32.2. The number of nitrogens with one attached hydrogen (secondary N) is 1. The molecule has 0 spiro atoms. The molecule has 180 valence electrons. The van der Waals surface area contributed by atoms with Crippen molar-refractivity contribution in [1.29, 1.82) is 0 Å². The van der Waals surface area contributed by atoms with E-state index < -0.39 is 34.9 Å². The number of benzene rings is 3. The highest BCUT2D eigenvalue weighted by Crippen LogP contribution is 2.46. The highest BCUT2D eigenvalue weighted by molar-refractivity contribution is 7.99. The molecule has 5 rings (SSSR count). The normalized spacial score (nSPS) is 15.8. The molecule has 0 unspecified atom stereocenters. The van der Waals surface area contributed by atoms with Crippen LogP contribution in [0.2, 0.25) is 0 Å². The van der Waals surface area contributed by atoms with E-state index in [0.717, 1.165) is 35.5 Å². The maximum absolute atomic E-state index is 14.2. The molecule has 3 aromatic carbocycles. The van der Waals surface area contributed by atoms with Crippen molar-refractivity contribution in [3.05, 3.63) is 98.4 Å². The van der Waals surface area contributed by atoms with Gasteiger partial charge in [-0.3, -0.25) is 14.3 Å². The summed E-state index contributed by atoms with van der Waals surface area (Å²) in [5.41, 5.74) is -1.71. The predicted octanol–water partition coefficient (Wildman–Crippen LogP) is 5.21. The van der Waals surface area contributed by atoms with E-state index in [1.807, 2.05) is 30.3 Å². The van der Waals surface area contributed by atoms with Gasteiger partial charge in [0.1, 0.15) is 5.82 Å². The second-order valence-electron chi connectivity index (χ2n) is 8.13.